The van der Waals surface area contributed by atoms with Gasteiger partial charge in [0.1, 0.15) is 35.6 Å². The van der Waals surface area contributed by atoms with Crippen LogP contribution in [0.15, 0.2) is 84.1 Å². The molecule has 0 spiro atoms. The van der Waals surface area contributed by atoms with Gasteiger partial charge in [-0.05, 0) is 42.2 Å². The first-order valence-electron chi connectivity index (χ1n) is 11.9. The van der Waals surface area contributed by atoms with Crippen LogP contribution < -0.4 is 9.47 Å². The van der Waals surface area contributed by atoms with Crippen molar-refractivity contribution in [1.29, 1.82) is 5.26 Å². The molecule has 0 radical (unpaired) electrons. The number of imidazole rings is 1. The summed E-state index contributed by atoms with van der Waals surface area (Å²) in [5.41, 5.74) is 3.21. The van der Waals surface area contributed by atoms with Crippen molar-refractivity contribution in [3.05, 3.63) is 94.6 Å². The highest BCUT2D eigenvalue weighted by Crippen LogP contribution is 2.42. The highest BCUT2D eigenvalue weighted by molar-refractivity contribution is 7.98. The molecule has 40 heavy (non-hydrogen) atoms. The average Bonchev–Trinajstić information content (AvgIpc) is 3.31. The highest BCUT2D eigenvalue weighted by atomic mass is 35.5. The van der Waals surface area contributed by atoms with Gasteiger partial charge in [-0.15, -0.1) is 0 Å². The van der Waals surface area contributed by atoms with Gasteiger partial charge in [0.25, 0.3) is 0 Å². The van der Waals surface area contributed by atoms with Crippen LogP contribution in [0.4, 0.5) is 0 Å². The van der Waals surface area contributed by atoms with Gasteiger partial charge in [0.05, 0.1) is 21.3 Å². The second-order valence-electron chi connectivity index (χ2n) is 8.38. The summed E-state index contributed by atoms with van der Waals surface area (Å²) in [4.78, 5) is 13.6. The lowest BCUT2D eigenvalue weighted by molar-refractivity contribution is 0.195. The summed E-state index contributed by atoms with van der Waals surface area (Å²) in [7, 11) is 0. The van der Waals surface area contributed by atoms with E-state index in [2.05, 4.69) is 9.97 Å². The maximum atomic E-state index is 11.5. The number of rotatable bonds is 9. The van der Waals surface area contributed by atoms with Crippen LogP contribution in [0.2, 0.25) is 10.0 Å². The Bertz CT molecular complexity index is 1680. The standard InChI is InChI=1S/C29H21Cl2N5O3S/c1-40-29-33-12-10-24(34-29)26-27(19-8-5-9-20(14-19)39-17-18-6-3-2-4-7-18)36(37)28(35-26)25-22(30)15-21(16-23(25)31)38-13-11-32/h2-10,12,14-16,37H,13,17H2,1H3. The van der Waals surface area contributed by atoms with Crippen molar-refractivity contribution >= 4 is 35.0 Å². The van der Waals surface area contributed by atoms with E-state index < -0.39 is 0 Å². The van der Waals surface area contributed by atoms with Crippen molar-refractivity contribution in [2.75, 3.05) is 12.9 Å². The number of nitrogens with zero attached hydrogens (tertiary/aromatic N) is 5. The van der Waals surface area contributed by atoms with Crippen LogP contribution in [0.1, 0.15) is 5.56 Å². The Labute approximate surface area is 244 Å². The number of hydrogen-bond acceptors (Lipinski definition) is 8. The minimum absolute atomic E-state index is 0.103. The Morgan fingerprint density at radius 1 is 0.950 bits per heavy atom. The Morgan fingerprint density at radius 2 is 1.73 bits per heavy atom. The van der Waals surface area contributed by atoms with Crippen LogP contribution >= 0.6 is 35.0 Å². The largest absolute Gasteiger partial charge is 0.489 e. The zero-order valence-electron chi connectivity index (χ0n) is 21.1. The normalized spacial score (nSPS) is 10.8. The van der Waals surface area contributed by atoms with Crippen LogP contribution in [0.5, 0.6) is 11.5 Å². The molecule has 11 heteroatoms. The molecule has 0 aliphatic heterocycles. The summed E-state index contributed by atoms with van der Waals surface area (Å²) < 4.78 is 12.3. The second-order valence-corrected chi connectivity index (χ2v) is 9.97. The average molecular weight is 590 g/mol. The predicted molar refractivity (Wildman–Crippen MR) is 155 cm³/mol. The molecule has 0 aliphatic carbocycles. The quantitative estimate of drug-likeness (QED) is 0.107. The Morgan fingerprint density at radius 3 is 2.45 bits per heavy atom. The molecule has 2 heterocycles. The Kier molecular flexibility index (Phi) is 8.41. The first-order chi connectivity index (χ1) is 19.5. The third-order valence-corrected chi connectivity index (χ3v) is 6.97. The fourth-order valence-corrected chi connectivity index (χ4v) is 5.01. The molecule has 1 N–H and O–H groups in total. The van der Waals surface area contributed by atoms with Gasteiger partial charge in [-0.25, -0.2) is 15.0 Å². The van der Waals surface area contributed by atoms with E-state index in [0.29, 0.717) is 51.5 Å². The molecule has 200 valence electrons. The van der Waals surface area contributed by atoms with E-state index in [1.54, 1.807) is 12.3 Å². The smallest absolute Gasteiger partial charge is 0.187 e. The Balaban J connectivity index is 1.62. The van der Waals surface area contributed by atoms with E-state index in [9.17, 15) is 5.21 Å². The molecule has 0 fully saturated rings. The summed E-state index contributed by atoms with van der Waals surface area (Å²) in [5, 5.41) is 21.3. The van der Waals surface area contributed by atoms with E-state index >= 15 is 0 Å². The molecule has 3 aromatic carbocycles. The van der Waals surface area contributed by atoms with Crippen molar-refractivity contribution in [1.82, 2.24) is 19.7 Å². The minimum Gasteiger partial charge on any atom is -0.489 e. The first kappa shape index (κ1) is 27.3. The summed E-state index contributed by atoms with van der Waals surface area (Å²) in [5.74, 6) is 1.03. The van der Waals surface area contributed by atoms with Crippen molar-refractivity contribution in [3.63, 3.8) is 0 Å². The van der Waals surface area contributed by atoms with E-state index in [1.807, 2.05) is 66.9 Å². The number of thioether (sulfide) groups is 1. The molecule has 8 nitrogen and oxygen atoms in total. The molecular weight excluding hydrogens is 569 g/mol. The highest BCUT2D eigenvalue weighted by Gasteiger charge is 2.26. The van der Waals surface area contributed by atoms with Gasteiger partial charge in [0.2, 0.25) is 0 Å². The maximum absolute atomic E-state index is 11.5. The molecule has 5 aromatic rings. The van der Waals surface area contributed by atoms with Crippen molar-refractivity contribution in [2.24, 2.45) is 0 Å². The number of aromatic nitrogens is 4. The molecule has 0 amide bonds. The maximum Gasteiger partial charge on any atom is 0.187 e. The number of nitriles is 1. The summed E-state index contributed by atoms with van der Waals surface area (Å²) in [6.45, 7) is 0.221. The van der Waals surface area contributed by atoms with Gasteiger partial charge in [-0.3, -0.25) is 0 Å². The van der Waals surface area contributed by atoms with E-state index in [0.717, 1.165) is 10.3 Å². The number of benzene rings is 3. The van der Waals surface area contributed by atoms with Gasteiger partial charge >= 0.3 is 0 Å². The van der Waals surface area contributed by atoms with Crippen LogP contribution in [-0.4, -0.2) is 37.8 Å². The topological polar surface area (TPSA) is 106 Å². The van der Waals surface area contributed by atoms with Crippen molar-refractivity contribution in [2.45, 2.75) is 11.8 Å². The molecule has 0 atom stereocenters. The lowest BCUT2D eigenvalue weighted by atomic mass is 10.1. The number of halogens is 2. The molecule has 0 unspecified atom stereocenters. The SMILES string of the molecule is CSc1nccc(-c2nc(-c3c(Cl)cc(OCC#N)cc3Cl)n(O)c2-c2cccc(OCc3ccccc3)c2)n1. The van der Waals surface area contributed by atoms with Crippen LogP contribution in [0.25, 0.3) is 34.0 Å². The van der Waals surface area contributed by atoms with Gasteiger partial charge in [0.15, 0.2) is 17.6 Å². The molecule has 5 rings (SSSR count). The molecule has 2 aromatic heterocycles. The fourth-order valence-electron chi connectivity index (χ4n) is 4.02. The summed E-state index contributed by atoms with van der Waals surface area (Å²) in [6.07, 6.45) is 3.51. The van der Waals surface area contributed by atoms with Crippen LogP contribution in [0.3, 0.4) is 0 Å². The van der Waals surface area contributed by atoms with Crippen molar-refractivity contribution in [3.8, 4) is 51.6 Å². The van der Waals surface area contributed by atoms with E-state index in [1.165, 1.54) is 23.9 Å². The monoisotopic (exact) mass is 589 g/mol. The van der Waals surface area contributed by atoms with Gasteiger partial charge in [-0.2, -0.15) is 9.99 Å². The number of hydrogen-bond donors (Lipinski definition) is 1. The first-order valence-corrected chi connectivity index (χ1v) is 13.9. The molecule has 0 saturated heterocycles. The van der Waals surface area contributed by atoms with Gasteiger partial charge in [0, 0.05) is 11.8 Å². The zero-order chi connectivity index (χ0) is 28.1. The third-order valence-electron chi connectivity index (χ3n) is 5.81. The Hall–Kier alpha value is -4.23. The van der Waals surface area contributed by atoms with Crippen LogP contribution in [0, 0.1) is 11.3 Å². The summed E-state index contributed by atoms with van der Waals surface area (Å²) >= 11 is 14.6. The second kappa shape index (κ2) is 12.3. The minimum atomic E-state index is -0.164. The molecular formula is C29H21Cl2N5O3S. The predicted octanol–water partition coefficient (Wildman–Crippen LogP) is 7.42. The lowest BCUT2D eigenvalue weighted by Gasteiger charge is -2.11. The van der Waals surface area contributed by atoms with Gasteiger partial charge < -0.3 is 14.7 Å². The molecule has 0 bridgehead atoms. The fraction of sp³-hybridized carbons (Fsp3) is 0.103. The lowest BCUT2D eigenvalue weighted by Crippen LogP contribution is -2.00. The summed E-state index contributed by atoms with van der Waals surface area (Å²) in [6, 6.07) is 23.8. The number of ether oxygens (including phenoxy) is 2. The zero-order valence-corrected chi connectivity index (χ0v) is 23.4. The van der Waals surface area contributed by atoms with E-state index in [-0.39, 0.29) is 22.5 Å². The van der Waals surface area contributed by atoms with Crippen LogP contribution in [-0.2, 0) is 6.61 Å². The third kappa shape index (κ3) is 5.84. The molecule has 0 saturated carbocycles. The molecule has 0 aliphatic rings. The van der Waals surface area contributed by atoms with Crippen molar-refractivity contribution < 1.29 is 14.7 Å². The van der Waals surface area contributed by atoms with E-state index in [4.69, 9.17) is 42.9 Å². The van der Waals surface area contributed by atoms with Gasteiger partial charge in [-0.1, -0.05) is 77.4 Å².